The predicted molar refractivity (Wildman–Crippen MR) is 98.7 cm³/mol. The summed E-state index contributed by atoms with van der Waals surface area (Å²) < 4.78 is 6.87. The average molecular weight is 383 g/mol. The Morgan fingerprint density at radius 3 is 3.00 bits per heavy atom. The van der Waals surface area contributed by atoms with E-state index in [1.807, 2.05) is 0 Å². The van der Waals surface area contributed by atoms with Crippen LogP contribution in [-0.2, 0) is 15.1 Å². The van der Waals surface area contributed by atoms with Crippen molar-refractivity contribution in [1.82, 2.24) is 19.5 Å². The summed E-state index contributed by atoms with van der Waals surface area (Å²) in [6, 6.07) is 0. The number of nitrogens with two attached hydrogens (primary N) is 1. The molecule has 3 rings (SSSR count). The lowest BCUT2D eigenvalue weighted by atomic mass is 9.95. The number of carbonyl (C=O) groups is 1. The van der Waals surface area contributed by atoms with E-state index in [0.29, 0.717) is 27.7 Å². The van der Waals surface area contributed by atoms with Crippen LogP contribution in [0.25, 0.3) is 11.2 Å². The zero-order valence-corrected chi connectivity index (χ0v) is 15.8. The van der Waals surface area contributed by atoms with Crippen molar-refractivity contribution >= 4 is 46.6 Å². The molecule has 2 atom stereocenters. The molecule has 1 fully saturated rings. The van der Waals surface area contributed by atoms with Gasteiger partial charge in [-0.15, -0.1) is 11.8 Å². The van der Waals surface area contributed by atoms with Crippen LogP contribution in [0.4, 0.5) is 5.95 Å². The number of fused-ring (bicyclic) bond motifs is 1. The normalized spacial score (nSPS) is 23.2. The molecule has 0 aliphatic carbocycles. The molecule has 0 bridgehead atoms. The number of anilines is 1. The molecule has 25 heavy (non-hydrogen) atoms. The van der Waals surface area contributed by atoms with Crippen LogP contribution in [0.5, 0.6) is 0 Å². The number of aromatic nitrogens is 4. The zero-order valence-electron chi connectivity index (χ0n) is 14.1. The maximum absolute atomic E-state index is 12.7. The average Bonchev–Trinajstić information content (AvgIpc) is 3.17. The van der Waals surface area contributed by atoms with Gasteiger partial charge in [-0.2, -0.15) is 16.7 Å². The number of aliphatic hydroxyl groups excluding tert-OH is 1. The number of imidazole rings is 1. The fourth-order valence-electron chi connectivity index (χ4n) is 2.82. The van der Waals surface area contributed by atoms with Crippen LogP contribution < -0.4 is 5.73 Å². The zero-order chi connectivity index (χ0) is 18.0. The van der Waals surface area contributed by atoms with Crippen LogP contribution in [0.15, 0.2) is 11.4 Å². The number of rotatable bonds is 6. The second kappa shape index (κ2) is 7.38. The highest BCUT2D eigenvalue weighted by Gasteiger charge is 2.53. The van der Waals surface area contributed by atoms with Gasteiger partial charge >= 0.3 is 5.97 Å². The minimum absolute atomic E-state index is 0.118. The Morgan fingerprint density at radius 2 is 2.36 bits per heavy atom. The van der Waals surface area contributed by atoms with Gasteiger partial charge in [0.15, 0.2) is 11.2 Å². The molecule has 1 aliphatic heterocycles. The first-order valence-corrected chi connectivity index (χ1v) is 10.3. The molecule has 0 saturated carbocycles. The summed E-state index contributed by atoms with van der Waals surface area (Å²) in [5, 5.41) is 11.3. The molecule has 0 aromatic carbocycles. The van der Waals surface area contributed by atoms with Crippen molar-refractivity contribution in [2.75, 3.05) is 29.6 Å². The fourth-order valence-corrected chi connectivity index (χ4v) is 5.03. The topological polar surface area (TPSA) is 116 Å². The Balaban J connectivity index is 2.16. The summed E-state index contributed by atoms with van der Waals surface area (Å²) in [7, 11) is 0. The van der Waals surface area contributed by atoms with E-state index in [-0.39, 0.29) is 12.6 Å². The summed E-state index contributed by atoms with van der Waals surface area (Å²) in [6.45, 7) is 4.06. The van der Waals surface area contributed by atoms with E-state index < -0.39 is 17.6 Å². The third-order valence-corrected chi connectivity index (χ3v) is 6.40. The highest BCUT2D eigenvalue weighted by atomic mass is 32.2. The number of nitrogens with zero attached hydrogens (tertiary/aromatic N) is 4. The summed E-state index contributed by atoms with van der Waals surface area (Å²) in [5.41, 5.74) is 5.66. The van der Waals surface area contributed by atoms with E-state index in [4.69, 9.17) is 10.5 Å². The van der Waals surface area contributed by atoms with Crippen molar-refractivity contribution in [3.05, 3.63) is 6.33 Å². The Morgan fingerprint density at radius 1 is 1.56 bits per heavy atom. The summed E-state index contributed by atoms with van der Waals surface area (Å²) in [5.74, 6) is 1.34. The molecule has 2 unspecified atom stereocenters. The number of ether oxygens (including phenoxy) is 1. The molecule has 1 aliphatic rings. The molecule has 2 aromatic heterocycles. The highest BCUT2D eigenvalue weighted by molar-refractivity contribution is 7.99. The van der Waals surface area contributed by atoms with Crippen molar-refractivity contribution in [3.63, 3.8) is 0 Å². The number of nitrogen functional groups attached to an aromatic ring is 1. The number of esters is 1. The molecule has 0 spiro atoms. The number of hydrogen-bond donors (Lipinski definition) is 2. The molecule has 8 nitrogen and oxygen atoms in total. The summed E-state index contributed by atoms with van der Waals surface area (Å²) in [4.78, 5) is 25.7. The van der Waals surface area contributed by atoms with Gasteiger partial charge in [-0.1, -0.05) is 6.92 Å². The Kier molecular flexibility index (Phi) is 5.40. The fraction of sp³-hybridized carbons (Fsp3) is 0.600. The van der Waals surface area contributed by atoms with Crippen LogP contribution in [0, 0.1) is 0 Å². The third-order valence-electron chi connectivity index (χ3n) is 4.03. The van der Waals surface area contributed by atoms with Crippen LogP contribution in [0.2, 0.25) is 0 Å². The van der Waals surface area contributed by atoms with E-state index in [9.17, 15) is 9.90 Å². The van der Waals surface area contributed by atoms with Crippen molar-refractivity contribution in [2.45, 2.75) is 36.9 Å². The van der Waals surface area contributed by atoms with E-state index in [1.165, 1.54) is 18.1 Å². The molecule has 3 heterocycles. The monoisotopic (exact) mass is 383 g/mol. The second-order valence-electron chi connectivity index (χ2n) is 5.70. The molecule has 0 radical (unpaired) electrons. The maximum atomic E-state index is 12.7. The Labute approximate surface area is 153 Å². The number of thioether (sulfide) groups is 2. The number of aliphatic hydroxyl groups is 1. The molecule has 136 valence electrons. The lowest BCUT2D eigenvalue weighted by Gasteiger charge is -2.30. The largest absolute Gasteiger partial charge is 0.464 e. The molecular weight excluding hydrogens is 362 g/mol. The van der Waals surface area contributed by atoms with Gasteiger partial charge in [-0.05, 0) is 19.1 Å². The number of carbonyl (C=O) groups excluding carboxylic acids is 1. The SMILES string of the molecule is CCCSc1nc(N)nc2c1ncn2C1(C(=O)OCC)CSCC1O. The van der Waals surface area contributed by atoms with Crippen molar-refractivity contribution in [2.24, 2.45) is 0 Å². The smallest absolute Gasteiger partial charge is 0.336 e. The summed E-state index contributed by atoms with van der Waals surface area (Å²) in [6.07, 6.45) is 1.62. The first-order chi connectivity index (χ1) is 12.0. The molecule has 10 heteroatoms. The van der Waals surface area contributed by atoms with Crippen molar-refractivity contribution in [3.8, 4) is 0 Å². The van der Waals surface area contributed by atoms with Gasteiger partial charge in [0.1, 0.15) is 10.5 Å². The van der Waals surface area contributed by atoms with Gasteiger partial charge in [0, 0.05) is 11.5 Å². The van der Waals surface area contributed by atoms with Gasteiger partial charge in [-0.3, -0.25) is 4.57 Å². The van der Waals surface area contributed by atoms with Crippen LogP contribution >= 0.6 is 23.5 Å². The van der Waals surface area contributed by atoms with Crippen LogP contribution in [0.1, 0.15) is 20.3 Å². The second-order valence-corrected chi connectivity index (χ2v) is 7.81. The number of hydrogen-bond acceptors (Lipinski definition) is 9. The first-order valence-electron chi connectivity index (χ1n) is 8.11. The third kappa shape index (κ3) is 3.06. The van der Waals surface area contributed by atoms with E-state index in [1.54, 1.807) is 23.3 Å². The first kappa shape index (κ1) is 18.3. The Bertz CT molecular complexity index is 784. The maximum Gasteiger partial charge on any atom is 0.336 e. The predicted octanol–water partition coefficient (Wildman–Crippen LogP) is 1.28. The highest BCUT2D eigenvalue weighted by Crippen LogP contribution is 2.39. The van der Waals surface area contributed by atoms with Crippen molar-refractivity contribution < 1.29 is 14.6 Å². The molecule has 1 saturated heterocycles. The molecule has 0 amide bonds. The van der Waals surface area contributed by atoms with Crippen LogP contribution in [0.3, 0.4) is 0 Å². The van der Waals surface area contributed by atoms with Gasteiger partial charge in [-0.25, -0.2) is 14.8 Å². The minimum atomic E-state index is -1.25. The van der Waals surface area contributed by atoms with Crippen molar-refractivity contribution in [1.29, 1.82) is 0 Å². The Hall–Kier alpha value is -1.52. The lowest BCUT2D eigenvalue weighted by molar-refractivity contribution is -0.157. The summed E-state index contributed by atoms with van der Waals surface area (Å²) >= 11 is 3.04. The van der Waals surface area contributed by atoms with Gasteiger partial charge < -0.3 is 15.6 Å². The van der Waals surface area contributed by atoms with Crippen LogP contribution in [-0.4, -0.2) is 60.6 Å². The lowest BCUT2D eigenvalue weighted by Crippen LogP contribution is -2.51. The standard InChI is InChI=1S/C15H21N5O3S2/c1-3-5-25-12-10-11(18-14(16)19-12)20(8-17-10)15(13(22)23-4-2)7-24-6-9(15)21/h8-9,21H,3-7H2,1-2H3,(H2,16,18,19). The van der Waals surface area contributed by atoms with Gasteiger partial charge in [0.25, 0.3) is 0 Å². The molecule has 2 aromatic rings. The quantitative estimate of drug-likeness (QED) is 0.432. The van der Waals surface area contributed by atoms with E-state index in [2.05, 4.69) is 21.9 Å². The molecule has 3 N–H and O–H groups in total. The van der Waals surface area contributed by atoms with E-state index in [0.717, 1.165) is 12.2 Å². The molecular formula is C15H21N5O3S2. The minimum Gasteiger partial charge on any atom is -0.464 e. The van der Waals surface area contributed by atoms with Gasteiger partial charge in [0.2, 0.25) is 5.95 Å². The van der Waals surface area contributed by atoms with E-state index >= 15 is 0 Å². The van der Waals surface area contributed by atoms with Gasteiger partial charge in [0.05, 0.1) is 19.0 Å².